The Balaban J connectivity index is 2.68. The van der Waals surface area contributed by atoms with Gasteiger partial charge < -0.3 is 5.32 Å². The summed E-state index contributed by atoms with van der Waals surface area (Å²) in [6.07, 6.45) is 1.74. The van der Waals surface area contributed by atoms with Crippen molar-refractivity contribution in [1.82, 2.24) is 10.0 Å². The minimum absolute atomic E-state index is 0.158. The zero-order chi connectivity index (χ0) is 15.0. The summed E-state index contributed by atoms with van der Waals surface area (Å²) >= 11 is 0. The quantitative estimate of drug-likeness (QED) is 0.689. The van der Waals surface area contributed by atoms with Crippen LogP contribution in [0.2, 0.25) is 0 Å². The van der Waals surface area contributed by atoms with E-state index in [1.807, 2.05) is 37.3 Å². The predicted octanol–water partition coefficient (Wildman–Crippen LogP) is 2.45. The fraction of sp³-hybridized carbons (Fsp3) is 0.600. The first kappa shape index (κ1) is 17.1. The summed E-state index contributed by atoms with van der Waals surface area (Å²) in [5.41, 5.74) is 1.01. The fourth-order valence-corrected chi connectivity index (χ4v) is 3.25. The van der Waals surface area contributed by atoms with Gasteiger partial charge in [0.05, 0.1) is 5.25 Å². The van der Waals surface area contributed by atoms with Crippen molar-refractivity contribution in [3.05, 3.63) is 35.9 Å². The molecule has 5 heteroatoms. The molecule has 0 fully saturated rings. The number of nitrogens with one attached hydrogen (secondary N) is 2. The predicted molar refractivity (Wildman–Crippen MR) is 84.2 cm³/mol. The lowest BCUT2D eigenvalue weighted by Gasteiger charge is -2.21. The van der Waals surface area contributed by atoms with Crippen LogP contribution in [0.4, 0.5) is 0 Å². The Hall–Kier alpha value is -0.910. The molecular weight excluding hydrogens is 272 g/mol. The smallest absolute Gasteiger partial charge is 0.216 e. The van der Waals surface area contributed by atoms with Crippen molar-refractivity contribution in [3.63, 3.8) is 0 Å². The first-order valence-corrected chi connectivity index (χ1v) is 8.82. The van der Waals surface area contributed by atoms with Gasteiger partial charge in [0, 0.05) is 12.6 Å². The van der Waals surface area contributed by atoms with Crippen LogP contribution < -0.4 is 10.0 Å². The van der Waals surface area contributed by atoms with E-state index in [-0.39, 0.29) is 6.04 Å². The maximum absolute atomic E-state index is 12.3. The van der Waals surface area contributed by atoms with Crippen LogP contribution >= 0.6 is 0 Å². The SMILES string of the molecule is CCCNCC(C)S(=O)(=O)NC(CC)c1ccccc1. The zero-order valence-corrected chi connectivity index (χ0v) is 13.4. The molecule has 4 nitrogen and oxygen atoms in total. The average molecular weight is 298 g/mol. The topological polar surface area (TPSA) is 58.2 Å². The molecule has 1 aromatic rings. The van der Waals surface area contributed by atoms with Crippen LogP contribution in [0.25, 0.3) is 0 Å². The van der Waals surface area contributed by atoms with Gasteiger partial charge in [-0.1, -0.05) is 44.2 Å². The second-order valence-corrected chi connectivity index (χ2v) is 7.18. The van der Waals surface area contributed by atoms with Crippen molar-refractivity contribution in [2.24, 2.45) is 0 Å². The van der Waals surface area contributed by atoms with Gasteiger partial charge in [0.25, 0.3) is 0 Å². The summed E-state index contributed by atoms with van der Waals surface area (Å²) < 4.78 is 27.5. The highest BCUT2D eigenvalue weighted by molar-refractivity contribution is 7.90. The molecule has 0 saturated carbocycles. The Bertz CT molecular complexity index is 474. The van der Waals surface area contributed by atoms with Gasteiger partial charge in [-0.05, 0) is 31.9 Å². The molecule has 114 valence electrons. The highest BCUT2D eigenvalue weighted by Gasteiger charge is 2.24. The van der Waals surface area contributed by atoms with Gasteiger partial charge in [0.2, 0.25) is 10.0 Å². The summed E-state index contributed by atoms with van der Waals surface area (Å²) in [6.45, 7) is 7.11. The third-order valence-corrected chi connectivity index (χ3v) is 5.14. The standard InChI is InChI=1S/C15H26N2O2S/c1-4-11-16-12-13(3)20(18,19)17-15(5-2)14-9-7-6-8-10-14/h6-10,13,15-17H,4-5,11-12H2,1-3H3. The second kappa shape index (κ2) is 8.39. The highest BCUT2D eigenvalue weighted by atomic mass is 32.2. The lowest BCUT2D eigenvalue weighted by molar-refractivity contribution is 0.531. The van der Waals surface area contributed by atoms with Crippen LogP contribution in [-0.2, 0) is 10.0 Å². The average Bonchev–Trinajstić information content (AvgIpc) is 2.45. The summed E-state index contributed by atoms with van der Waals surface area (Å²) in [5, 5.41) is 2.71. The van der Waals surface area contributed by atoms with Crippen LogP contribution in [0.15, 0.2) is 30.3 Å². The molecule has 1 aromatic carbocycles. The molecule has 1 rings (SSSR count). The van der Waals surface area contributed by atoms with E-state index >= 15 is 0 Å². The molecule has 0 heterocycles. The van der Waals surface area contributed by atoms with Crippen molar-refractivity contribution in [2.45, 2.75) is 44.9 Å². The highest BCUT2D eigenvalue weighted by Crippen LogP contribution is 2.18. The minimum Gasteiger partial charge on any atom is -0.315 e. The summed E-state index contributed by atoms with van der Waals surface area (Å²) in [5.74, 6) is 0. The van der Waals surface area contributed by atoms with Crippen molar-refractivity contribution in [2.75, 3.05) is 13.1 Å². The largest absolute Gasteiger partial charge is 0.315 e. The van der Waals surface area contributed by atoms with Gasteiger partial charge in [-0.25, -0.2) is 13.1 Å². The monoisotopic (exact) mass is 298 g/mol. The second-order valence-electron chi connectivity index (χ2n) is 5.05. The molecule has 0 radical (unpaired) electrons. The Morgan fingerprint density at radius 3 is 2.35 bits per heavy atom. The van der Waals surface area contributed by atoms with Crippen LogP contribution in [0.5, 0.6) is 0 Å². The molecule has 0 spiro atoms. The molecule has 20 heavy (non-hydrogen) atoms. The fourth-order valence-electron chi connectivity index (χ4n) is 1.98. The molecule has 0 aliphatic heterocycles. The third-order valence-electron chi connectivity index (χ3n) is 3.31. The minimum atomic E-state index is -3.31. The molecule has 0 aliphatic carbocycles. The lowest BCUT2D eigenvalue weighted by Crippen LogP contribution is -2.40. The van der Waals surface area contributed by atoms with Crippen LogP contribution in [0, 0.1) is 0 Å². The maximum atomic E-state index is 12.3. The molecule has 0 saturated heterocycles. The zero-order valence-electron chi connectivity index (χ0n) is 12.6. The van der Waals surface area contributed by atoms with Crippen LogP contribution in [0.3, 0.4) is 0 Å². The summed E-state index contributed by atoms with van der Waals surface area (Å²) in [6, 6.07) is 9.54. The van der Waals surface area contributed by atoms with E-state index in [0.717, 1.165) is 24.9 Å². The van der Waals surface area contributed by atoms with Gasteiger partial charge >= 0.3 is 0 Å². The van der Waals surface area contributed by atoms with Gasteiger partial charge in [-0.3, -0.25) is 0 Å². The molecule has 0 bridgehead atoms. The summed E-state index contributed by atoms with van der Waals surface area (Å²) in [7, 11) is -3.31. The molecule has 0 aromatic heterocycles. The van der Waals surface area contributed by atoms with E-state index in [4.69, 9.17) is 0 Å². The molecule has 2 N–H and O–H groups in total. The normalized spacial score (nSPS) is 14.9. The van der Waals surface area contributed by atoms with E-state index in [1.165, 1.54) is 0 Å². The van der Waals surface area contributed by atoms with Gasteiger partial charge in [-0.15, -0.1) is 0 Å². The van der Waals surface area contributed by atoms with Gasteiger partial charge in [0.15, 0.2) is 0 Å². The third kappa shape index (κ3) is 5.23. The number of hydrogen-bond donors (Lipinski definition) is 2. The molecule has 2 atom stereocenters. The molecular formula is C15H26N2O2S. The molecule has 2 unspecified atom stereocenters. The number of rotatable bonds is 9. The van der Waals surface area contributed by atoms with Crippen LogP contribution in [0.1, 0.15) is 45.2 Å². The Morgan fingerprint density at radius 1 is 1.15 bits per heavy atom. The van der Waals surface area contributed by atoms with Crippen molar-refractivity contribution >= 4 is 10.0 Å². The first-order valence-electron chi connectivity index (χ1n) is 7.28. The number of benzene rings is 1. The number of sulfonamides is 1. The summed E-state index contributed by atoms with van der Waals surface area (Å²) in [4.78, 5) is 0. The molecule has 0 amide bonds. The van der Waals surface area contributed by atoms with Crippen molar-refractivity contribution in [1.29, 1.82) is 0 Å². The lowest BCUT2D eigenvalue weighted by atomic mass is 10.1. The Kier molecular flexibility index (Phi) is 7.19. The van der Waals surface area contributed by atoms with Gasteiger partial charge in [-0.2, -0.15) is 0 Å². The van der Waals surface area contributed by atoms with E-state index in [2.05, 4.69) is 17.0 Å². The number of hydrogen-bond acceptors (Lipinski definition) is 3. The van der Waals surface area contributed by atoms with E-state index in [9.17, 15) is 8.42 Å². The van der Waals surface area contributed by atoms with E-state index in [1.54, 1.807) is 6.92 Å². The van der Waals surface area contributed by atoms with Crippen LogP contribution in [-0.4, -0.2) is 26.8 Å². The van der Waals surface area contributed by atoms with Crippen molar-refractivity contribution in [3.8, 4) is 0 Å². The van der Waals surface area contributed by atoms with E-state index in [0.29, 0.717) is 6.54 Å². The Labute approximate surface area is 123 Å². The Morgan fingerprint density at radius 2 is 1.80 bits per heavy atom. The van der Waals surface area contributed by atoms with Crippen molar-refractivity contribution < 1.29 is 8.42 Å². The molecule has 0 aliphatic rings. The first-order chi connectivity index (χ1) is 9.51. The van der Waals surface area contributed by atoms with E-state index < -0.39 is 15.3 Å². The maximum Gasteiger partial charge on any atom is 0.216 e. The van der Waals surface area contributed by atoms with Gasteiger partial charge in [0.1, 0.15) is 0 Å².